The van der Waals surface area contributed by atoms with Crippen molar-refractivity contribution in [2.75, 3.05) is 13.7 Å². The number of amides is 1. The van der Waals surface area contributed by atoms with E-state index in [-0.39, 0.29) is 29.9 Å². The van der Waals surface area contributed by atoms with Crippen molar-refractivity contribution in [3.05, 3.63) is 88.7 Å². The largest absolute Gasteiger partial charge is 1.00 e. The molecule has 0 fully saturated rings. The molecule has 5 nitrogen and oxygen atoms in total. The van der Waals surface area contributed by atoms with E-state index in [1.54, 1.807) is 19.2 Å². The third-order valence-electron chi connectivity index (χ3n) is 7.41. The number of rotatable bonds is 19. The Morgan fingerprint density at radius 1 is 0.810 bits per heavy atom. The monoisotopic (exact) mass is 706 g/mol. The number of ether oxygens (including phenoxy) is 2. The minimum atomic E-state index is -0.109. The van der Waals surface area contributed by atoms with Crippen molar-refractivity contribution in [1.82, 2.24) is 4.90 Å². The third kappa shape index (κ3) is 12.1. The second-order valence-electron chi connectivity index (χ2n) is 10.7. The number of pyridine rings is 1. The van der Waals surface area contributed by atoms with Crippen LogP contribution >= 0.6 is 11.6 Å². The average Bonchev–Trinajstić information content (AvgIpc) is 3.00. The molecule has 3 rings (SSSR count). The molecule has 7 heteroatoms. The van der Waals surface area contributed by atoms with Crippen LogP contribution in [-0.4, -0.2) is 24.5 Å². The number of halogens is 2. The summed E-state index contributed by atoms with van der Waals surface area (Å²) in [7, 11) is 1.66. The fraction of sp³-hybridized carbons (Fsp3) is 0.486. The van der Waals surface area contributed by atoms with E-state index in [0.29, 0.717) is 36.0 Å². The van der Waals surface area contributed by atoms with Crippen molar-refractivity contribution in [2.24, 2.45) is 0 Å². The SMILES string of the molecule is CCCCCCCCCCCCOc1ccc(CN(Cc2ccc[n+](CC)c2)C(=O)c2ccccc2Cl)cc1OC.[I-]. The summed E-state index contributed by atoms with van der Waals surface area (Å²) in [5.41, 5.74) is 2.52. The van der Waals surface area contributed by atoms with Crippen LogP contribution in [0.15, 0.2) is 67.0 Å². The van der Waals surface area contributed by atoms with Crippen LogP contribution in [0.3, 0.4) is 0 Å². The quantitative estimate of drug-likeness (QED) is 0.0900. The molecule has 0 aliphatic carbocycles. The number of carbonyl (C=O) groups is 1. The van der Waals surface area contributed by atoms with Crippen LogP contribution in [0, 0.1) is 0 Å². The zero-order valence-corrected chi connectivity index (χ0v) is 28.5. The number of hydrogen-bond acceptors (Lipinski definition) is 3. The van der Waals surface area contributed by atoms with Gasteiger partial charge in [0.15, 0.2) is 23.9 Å². The molecular formula is C35H48ClIN2O3. The summed E-state index contributed by atoms with van der Waals surface area (Å²) >= 11 is 6.42. The van der Waals surface area contributed by atoms with Gasteiger partial charge in [-0.2, -0.15) is 0 Å². The summed E-state index contributed by atoms with van der Waals surface area (Å²) in [6, 6.07) is 17.2. The highest BCUT2D eigenvalue weighted by Gasteiger charge is 2.21. The molecule has 0 bridgehead atoms. The predicted octanol–water partition coefficient (Wildman–Crippen LogP) is 5.80. The molecule has 0 spiro atoms. The zero-order chi connectivity index (χ0) is 29.3. The number of hydrogen-bond donors (Lipinski definition) is 0. The second-order valence-corrected chi connectivity index (χ2v) is 11.1. The number of aromatic nitrogens is 1. The van der Waals surface area contributed by atoms with Crippen LogP contribution in [0.2, 0.25) is 5.02 Å². The predicted molar refractivity (Wildman–Crippen MR) is 168 cm³/mol. The number of carbonyl (C=O) groups excluding carboxylic acids is 1. The van der Waals surface area contributed by atoms with E-state index >= 15 is 0 Å². The van der Waals surface area contributed by atoms with E-state index in [0.717, 1.165) is 29.8 Å². The molecule has 0 N–H and O–H groups in total. The molecule has 0 atom stereocenters. The molecule has 3 aromatic rings. The highest BCUT2D eigenvalue weighted by atomic mass is 127. The van der Waals surface area contributed by atoms with Crippen molar-refractivity contribution in [3.63, 3.8) is 0 Å². The van der Waals surface area contributed by atoms with Crippen molar-refractivity contribution in [3.8, 4) is 11.5 Å². The Bertz CT molecular complexity index is 1210. The fourth-order valence-corrected chi connectivity index (χ4v) is 5.23. The number of nitrogens with zero attached hydrogens (tertiary/aromatic N) is 2. The first kappa shape index (κ1) is 35.9. The summed E-state index contributed by atoms with van der Waals surface area (Å²) in [5, 5.41) is 0.451. The average molecular weight is 707 g/mol. The molecule has 42 heavy (non-hydrogen) atoms. The maximum atomic E-state index is 13.7. The van der Waals surface area contributed by atoms with Crippen LogP contribution in [0.5, 0.6) is 11.5 Å². The van der Waals surface area contributed by atoms with Gasteiger partial charge in [0.25, 0.3) is 5.91 Å². The number of benzene rings is 2. The summed E-state index contributed by atoms with van der Waals surface area (Å²) in [4.78, 5) is 15.5. The maximum Gasteiger partial charge on any atom is 0.255 e. The lowest BCUT2D eigenvalue weighted by molar-refractivity contribution is -0.694. The Balaban J connectivity index is 0.00000616. The van der Waals surface area contributed by atoms with Crippen LogP contribution in [0.4, 0.5) is 0 Å². The molecular weight excluding hydrogens is 659 g/mol. The topological polar surface area (TPSA) is 42.7 Å². The van der Waals surface area contributed by atoms with Gasteiger partial charge in [-0.05, 0) is 49.2 Å². The standard InChI is InChI=1S/C35H48ClN2O3.HI/c1-4-6-7-8-9-10-11-12-13-16-24-41-33-22-21-29(25-34(33)40-3)27-38(28-30-18-17-23-37(5-2)26-30)35(39)31-19-14-15-20-32(31)36;/h14-15,17-23,25-26H,4-13,16,24,27-28H2,1-3H3;1H/q+1;/p-1. The first-order valence-electron chi connectivity index (χ1n) is 15.4. The summed E-state index contributed by atoms with van der Waals surface area (Å²) in [6.07, 6.45) is 17.1. The Kier molecular flexibility index (Phi) is 17.6. The van der Waals surface area contributed by atoms with E-state index in [2.05, 4.69) is 24.6 Å². The van der Waals surface area contributed by atoms with Gasteiger partial charge in [-0.3, -0.25) is 4.79 Å². The summed E-state index contributed by atoms with van der Waals surface area (Å²) < 4.78 is 13.9. The summed E-state index contributed by atoms with van der Waals surface area (Å²) in [6.45, 7) is 6.78. The normalized spacial score (nSPS) is 10.7. The molecule has 2 aromatic carbocycles. The molecule has 1 aromatic heterocycles. The first-order chi connectivity index (χ1) is 20.0. The molecule has 230 valence electrons. The van der Waals surface area contributed by atoms with Crippen molar-refractivity contribution < 1.29 is 42.8 Å². The van der Waals surface area contributed by atoms with Gasteiger partial charge in [0.05, 0.1) is 30.8 Å². The smallest absolute Gasteiger partial charge is 0.255 e. The van der Waals surface area contributed by atoms with Crippen molar-refractivity contribution in [2.45, 2.75) is 97.7 Å². The zero-order valence-electron chi connectivity index (χ0n) is 25.6. The van der Waals surface area contributed by atoms with Crippen LogP contribution in [-0.2, 0) is 19.6 Å². The van der Waals surface area contributed by atoms with E-state index in [1.165, 1.54) is 57.8 Å². The van der Waals surface area contributed by atoms with E-state index in [9.17, 15) is 4.79 Å². The lowest BCUT2D eigenvalue weighted by Crippen LogP contribution is -3.00. The van der Waals surface area contributed by atoms with Gasteiger partial charge in [0, 0.05) is 18.2 Å². The van der Waals surface area contributed by atoms with Crippen LogP contribution < -0.4 is 38.0 Å². The van der Waals surface area contributed by atoms with E-state index in [1.807, 2.05) is 53.6 Å². The first-order valence-corrected chi connectivity index (χ1v) is 15.7. The van der Waals surface area contributed by atoms with Gasteiger partial charge < -0.3 is 38.4 Å². The van der Waals surface area contributed by atoms with Gasteiger partial charge in [-0.1, -0.05) is 94.5 Å². The van der Waals surface area contributed by atoms with Gasteiger partial charge in [-0.15, -0.1) is 0 Å². The second kappa shape index (κ2) is 20.6. The fourth-order valence-electron chi connectivity index (χ4n) is 5.01. The molecule has 0 unspecified atom stereocenters. The molecule has 0 aliphatic heterocycles. The molecule has 0 aliphatic rings. The van der Waals surface area contributed by atoms with Gasteiger partial charge in [0.2, 0.25) is 0 Å². The number of aryl methyl sites for hydroxylation is 1. The molecule has 0 radical (unpaired) electrons. The third-order valence-corrected chi connectivity index (χ3v) is 7.74. The molecule has 1 amide bonds. The van der Waals surface area contributed by atoms with E-state index in [4.69, 9.17) is 21.1 Å². The minimum absolute atomic E-state index is 0. The van der Waals surface area contributed by atoms with Crippen LogP contribution in [0.1, 0.15) is 99.5 Å². The number of unbranched alkanes of at least 4 members (excludes halogenated alkanes) is 9. The van der Waals surface area contributed by atoms with Crippen molar-refractivity contribution >= 4 is 17.5 Å². The lowest BCUT2D eigenvalue weighted by atomic mass is 10.1. The molecule has 0 saturated heterocycles. The van der Waals surface area contributed by atoms with Crippen molar-refractivity contribution in [1.29, 1.82) is 0 Å². The Morgan fingerprint density at radius 3 is 2.14 bits per heavy atom. The highest BCUT2D eigenvalue weighted by molar-refractivity contribution is 6.33. The van der Waals surface area contributed by atoms with Gasteiger partial charge in [-0.25, -0.2) is 4.57 Å². The Labute approximate surface area is 275 Å². The van der Waals surface area contributed by atoms with Gasteiger partial charge in [0.1, 0.15) is 6.54 Å². The summed E-state index contributed by atoms with van der Waals surface area (Å²) in [5.74, 6) is 1.31. The number of methoxy groups -OCH3 is 1. The van der Waals surface area contributed by atoms with Crippen LogP contribution in [0.25, 0.3) is 0 Å². The minimum Gasteiger partial charge on any atom is -1.00 e. The molecule has 0 saturated carbocycles. The maximum absolute atomic E-state index is 13.7. The highest BCUT2D eigenvalue weighted by Crippen LogP contribution is 2.30. The Hall–Kier alpha value is -2.32. The lowest BCUT2D eigenvalue weighted by Gasteiger charge is -2.24. The van der Waals surface area contributed by atoms with E-state index < -0.39 is 0 Å². The Morgan fingerprint density at radius 2 is 1.48 bits per heavy atom. The van der Waals surface area contributed by atoms with Gasteiger partial charge >= 0.3 is 0 Å². The molecule has 1 heterocycles.